The maximum absolute atomic E-state index is 6.51. The highest BCUT2D eigenvalue weighted by molar-refractivity contribution is 6.33. The third kappa shape index (κ3) is 3.91. The lowest BCUT2D eigenvalue weighted by molar-refractivity contribution is 0.499. The van der Waals surface area contributed by atoms with Gasteiger partial charge in [0.2, 0.25) is 0 Å². The van der Waals surface area contributed by atoms with Gasteiger partial charge in [0.1, 0.15) is 5.69 Å². The van der Waals surface area contributed by atoms with Gasteiger partial charge in [-0.1, -0.05) is 96.5 Å². The summed E-state index contributed by atoms with van der Waals surface area (Å²) in [6, 6.07) is 36.3. The van der Waals surface area contributed by atoms with Crippen LogP contribution >= 0.6 is 11.6 Å². The van der Waals surface area contributed by atoms with Crippen LogP contribution in [0, 0.1) is 6.92 Å². The molecule has 0 saturated heterocycles. The van der Waals surface area contributed by atoms with Gasteiger partial charge in [-0.3, -0.25) is 4.57 Å². The topological polar surface area (TPSA) is 30.4 Å². The molecule has 0 spiro atoms. The zero-order valence-electron chi connectivity index (χ0n) is 17.6. The predicted octanol–water partition coefficient (Wildman–Crippen LogP) is 7.60. The van der Waals surface area contributed by atoms with E-state index in [9.17, 15) is 0 Å². The molecule has 0 atom stereocenters. The Bertz CT molecular complexity index is 1420. The molecule has 156 valence electrons. The number of nitrogens with zero attached hydrogens (tertiary/aromatic N) is 2. The average Bonchev–Trinajstić information content (AvgIpc) is 3.22. The third-order valence-electron chi connectivity index (χ3n) is 5.24. The van der Waals surface area contributed by atoms with E-state index in [0.717, 1.165) is 33.8 Å². The van der Waals surface area contributed by atoms with Crippen LogP contribution < -0.4 is 5.68 Å². The van der Waals surface area contributed by atoms with E-state index >= 15 is 0 Å². The number of aromatic nitrogens is 1. The normalized spacial score (nSPS) is 11.6. The van der Waals surface area contributed by atoms with Crippen molar-refractivity contribution in [3.05, 3.63) is 125 Å². The number of oxazole rings is 1. The van der Waals surface area contributed by atoms with Gasteiger partial charge in [0.25, 0.3) is 0 Å². The summed E-state index contributed by atoms with van der Waals surface area (Å²) in [4.78, 5) is 4.85. The summed E-state index contributed by atoms with van der Waals surface area (Å²) in [6.45, 7) is 2.01. The largest absolute Gasteiger partial charge is 0.422 e. The fourth-order valence-electron chi connectivity index (χ4n) is 3.72. The minimum Gasteiger partial charge on any atom is -0.422 e. The lowest BCUT2D eigenvalue weighted by atomic mass is 10.1. The number of rotatable bonds is 4. The fourth-order valence-corrected chi connectivity index (χ4v) is 4.00. The number of hydrogen-bond acceptors (Lipinski definition) is 2. The first-order valence-electron chi connectivity index (χ1n) is 10.4. The van der Waals surface area contributed by atoms with Crippen LogP contribution in [0.3, 0.4) is 0 Å². The minimum absolute atomic E-state index is 0.458. The third-order valence-corrected chi connectivity index (χ3v) is 5.54. The van der Waals surface area contributed by atoms with Crippen LogP contribution in [0.15, 0.2) is 119 Å². The Hall–Kier alpha value is -3.82. The van der Waals surface area contributed by atoms with Gasteiger partial charge in [0.15, 0.2) is 5.76 Å². The van der Waals surface area contributed by atoms with Gasteiger partial charge < -0.3 is 4.42 Å². The quantitative estimate of drug-likeness (QED) is 0.285. The Morgan fingerprint density at radius 1 is 0.719 bits per heavy atom. The fraction of sp³-hybridized carbons (Fsp3) is 0.0357. The molecular weight excluding hydrogens is 416 g/mol. The van der Waals surface area contributed by atoms with Crippen LogP contribution in [0.2, 0.25) is 5.02 Å². The van der Waals surface area contributed by atoms with Crippen LogP contribution in [-0.4, -0.2) is 4.57 Å². The number of hydrogen-bond donors (Lipinski definition) is 0. The molecule has 0 fully saturated rings. The van der Waals surface area contributed by atoms with Gasteiger partial charge in [-0.05, 0) is 36.8 Å². The molecule has 32 heavy (non-hydrogen) atoms. The number of halogens is 1. The predicted molar refractivity (Wildman–Crippen MR) is 130 cm³/mol. The zero-order valence-corrected chi connectivity index (χ0v) is 18.3. The highest BCUT2D eigenvalue weighted by atomic mass is 35.5. The van der Waals surface area contributed by atoms with E-state index in [1.54, 1.807) is 0 Å². The van der Waals surface area contributed by atoms with Crippen molar-refractivity contribution in [2.45, 2.75) is 6.92 Å². The van der Waals surface area contributed by atoms with E-state index in [2.05, 4.69) is 12.1 Å². The first-order chi connectivity index (χ1) is 15.7. The summed E-state index contributed by atoms with van der Waals surface area (Å²) in [6.07, 6.45) is 0. The smallest absolute Gasteiger partial charge is 0.307 e. The van der Waals surface area contributed by atoms with Crippen molar-refractivity contribution >= 4 is 17.3 Å². The van der Waals surface area contributed by atoms with Gasteiger partial charge in [0.05, 0.1) is 16.4 Å². The second kappa shape index (κ2) is 8.74. The van der Waals surface area contributed by atoms with Crippen molar-refractivity contribution in [3.8, 4) is 28.3 Å². The Balaban J connectivity index is 1.88. The van der Waals surface area contributed by atoms with E-state index in [4.69, 9.17) is 21.0 Å². The molecule has 1 aromatic heterocycles. The first-order valence-corrected chi connectivity index (χ1v) is 10.8. The molecule has 0 amide bonds. The second-order valence-electron chi connectivity index (χ2n) is 7.53. The van der Waals surface area contributed by atoms with Crippen LogP contribution in [0.25, 0.3) is 28.3 Å². The molecule has 0 saturated carbocycles. The molecule has 0 aliphatic rings. The summed E-state index contributed by atoms with van der Waals surface area (Å²) in [5.74, 6) is 0.752. The summed E-state index contributed by atoms with van der Waals surface area (Å²) in [7, 11) is 0. The molecule has 1 heterocycles. The molecule has 5 aromatic rings. The summed E-state index contributed by atoms with van der Waals surface area (Å²) in [5, 5.41) is 0.587. The van der Waals surface area contributed by atoms with Gasteiger partial charge in [-0.2, -0.15) is 4.99 Å². The highest BCUT2D eigenvalue weighted by Gasteiger charge is 2.20. The SMILES string of the molecule is Cc1ccc(N=c2oc(-c3ccccc3)c(-c3ccccc3)n2-c2ccccc2)c(Cl)c1. The lowest BCUT2D eigenvalue weighted by Crippen LogP contribution is -2.15. The van der Waals surface area contributed by atoms with E-state index in [-0.39, 0.29) is 0 Å². The van der Waals surface area contributed by atoms with Gasteiger partial charge in [-0.15, -0.1) is 0 Å². The van der Waals surface area contributed by atoms with Crippen molar-refractivity contribution in [1.82, 2.24) is 4.57 Å². The van der Waals surface area contributed by atoms with Crippen LogP contribution in [0.4, 0.5) is 5.69 Å². The average molecular weight is 437 g/mol. The molecule has 0 aliphatic carbocycles. The molecule has 5 rings (SSSR count). The molecule has 0 unspecified atom stereocenters. The molecular formula is C28H21ClN2O. The molecule has 0 aliphatic heterocycles. The zero-order chi connectivity index (χ0) is 21.9. The van der Waals surface area contributed by atoms with E-state index in [1.165, 1.54) is 0 Å². The summed E-state index contributed by atoms with van der Waals surface area (Å²) < 4.78 is 8.52. The first kappa shape index (κ1) is 20.1. The monoisotopic (exact) mass is 436 g/mol. The van der Waals surface area contributed by atoms with Gasteiger partial charge in [0, 0.05) is 11.1 Å². The molecule has 0 N–H and O–H groups in total. The molecule has 0 radical (unpaired) electrons. The summed E-state index contributed by atoms with van der Waals surface area (Å²) in [5.41, 5.74) is 6.11. The second-order valence-corrected chi connectivity index (χ2v) is 7.94. The van der Waals surface area contributed by atoms with Crippen molar-refractivity contribution < 1.29 is 4.42 Å². The van der Waals surface area contributed by atoms with E-state index in [1.807, 2.05) is 109 Å². The molecule has 0 bridgehead atoms. The molecule has 4 aromatic carbocycles. The van der Waals surface area contributed by atoms with Crippen molar-refractivity contribution in [2.75, 3.05) is 0 Å². The standard InChI is InChI=1S/C28H21ClN2O/c1-20-17-18-25(24(29)19-20)30-28-31(23-15-9-4-10-16-23)26(21-11-5-2-6-12-21)27(32-28)22-13-7-3-8-14-22/h2-19H,1H3. The highest BCUT2D eigenvalue weighted by Crippen LogP contribution is 2.34. The number of para-hydroxylation sites is 1. The van der Waals surface area contributed by atoms with Crippen LogP contribution in [0.1, 0.15) is 5.56 Å². The van der Waals surface area contributed by atoms with E-state index < -0.39 is 0 Å². The number of aryl methyl sites for hydroxylation is 1. The Kier molecular flexibility index (Phi) is 5.49. The summed E-state index contributed by atoms with van der Waals surface area (Å²) >= 11 is 6.51. The van der Waals surface area contributed by atoms with Crippen LogP contribution in [-0.2, 0) is 0 Å². The maximum Gasteiger partial charge on any atom is 0.307 e. The molecule has 4 heteroatoms. The van der Waals surface area contributed by atoms with E-state index in [0.29, 0.717) is 16.4 Å². The van der Waals surface area contributed by atoms with Crippen molar-refractivity contribution in [3.63, 3.8) is 0 Å². The molecule has 3 nitrogen and oxygen atoms in total. The minimum atomic E-state index is 0.458. The van der Waals surface area contributed by atoms with Crippen LogP contribution in [0.5, 0.6) is 0 Å². The Morgan fingerprint density at radius 3 is 1.94 bits per heavy atom. The number of benzene rings is 4. The Morgan fingerprint density at radius 2 is 1.31 bits per heavy atom. The lowest BCUT2D eigenvalue weighted by Gasteiger charge is -2.09. The van der Waals surface area contributed by atoms with Gasteiger partial charge in [-0.25, -0.2) is 0 Å². The Labute approximate surface area is 191 Å². The van der Waals surface area contributed by atoms with Crippen molar-refractivity contribution in [1.29, 1.82) is 0 Å². The maximum atomic E-state index is 6.51. The van der Waals surface area contributed by atoms with Gasteiger partial charge >= 0.3 is 5.68 Å². The van der Waals surface area contributed by atoms with Crippen molar-refractivity contribution in [2.24, 2.45) is 4.99 Å².